The molecule has 0 bridgehead atoms. The highest BCUT2D eigenvalue weighted by Gasteiger charge is 2.46. The molecule has 1 aliphatic carbocycles. The average molecular weight is 425 g/mol. The van der Waals surface area contributed by atoms with Gasteiger partial charge >= 0.3 is 5.97 Å². The Morgan fingerprint density at radius 3 is 2.50 bits per heavy atom. The lowest BCUT2D eigenvalue weighted by molar-refractivity contribution is -0.159. The Balaban J connectivity index is 2.02. The van der Waals surface area contributed by atoms with Crippen LogP contribution in [0.3, 0.4) is 0 Å². The fourth-order valence-corrected chi connectivity index (χ4v) is 3.34. The molecule has 5 nitrogen and oxygen atoms in total. The van der Waals surface area contributed by atoms with Crippen molar-refractivity contribution in [2.45, 2.75) is 38.7 Å². The van der Waals surface area contributed by atoms with Gasteiger partial charge in [-0.2, -0.15) is 0 Å². The van der Waals surface area contributed by atoms with Crippen molar-refractivity contribution >= 4 is 27.8 Å². The highest BCUT2D eigenvalue weighted by molar-refractivity contribution is 9.10. The van der Waals surface area contributed by atoms with Gasteiger partial charge in [0.15, 0.2) is 0 Å². The van der Waals surface area contributed by atoms with Gasteiger partial charge in [0.1, 0.15) is 12.1 Å². The summed E-state index contributed by atoms with van der Waals surface area (Å²) in [6.45, 7) is 6.74. The fourth-order valence-electron chi connectivity index (χ4n) is 2.93. The van der Waals surface area contributed by atoms with Crippen LogP contribution in [0.2, 0.25) is 0 Å². The third kappa shape index (κ3) is 6.40. The number of carbonyl (C=O) groups is 2. The van der Waals surface area contributed by atoms with E-state index in [1.807, 2.05) is 51.9 Å². The smallest absolute Gasteiger partial charge is 0.326 e. The second-order valence-corrected chi connectivity index (χ2v) is 9.07. The molecule has 6 heteroatoms. The summed E-state index contributed by atoms with van der Waals surface area (Å²) in [6, 6.07) is 8.09. The van der Waals surface area contributed by atoms with Crippen molar-refractivity contribution in [2.75, 3.05) is 33.7 Å². The number of esters is 1. The van der Waals surface area contributed by atoms with E-state index in [4.69, 9.17) is 4.74 Å². The first-order valence-electron chi connectivity index (χ1n) is 8.97. The van der Waals surface area contributed by atoms with Gasteiger partial charge in [-0.3, -0.25) is 9.59 Å². The second kappa shape index (κ2) is 8.53. The maximum Gasteiger partial charge on any atom is 0.326 e. The molecule has 0 heterocycles. The number of halogens is 1. The summed E-state index contributed by atoms with van der Waals surface area (Å²) in [5.41, 5.74) is 0.619. The Morgan fingerprint density at radius 2 is 1.92 bits per heavy atom. The van der Waals surface area contributed by atoms with Gasteiger partial charge in [0.25, 0.3) is 0 Å². The molecular formula is C20H29BrN2O3. The van der Waals surface area contributed by atoms with Crippen LogP contribution in [0, 0.1) is 5.92 Å². The number of ether oxygens (including phenoxy) is 1. The van der Waals surface area contributed by atoms with Crippen LogP contribution in [0.1, 0.15) is 38.7 Å². The second-order valence-electron chi connectivity index (χ2n) is 8.15. The normalized spacial score (nSPS) is 19.3. The van der Waals surface area contributed by atoms with E-state index in [2.05, 4.69) is 28.1 Å². The number of likely N-dealkylation sites (N-methyl/N-ethyl adjacent to an activating group) is 1. The highest BCUT2D eigenvalue weighted by Crippen LogP contribution is 2.48. The Hall–Kier alpha value is -1.40. The van der Waals surface area contributed by atoms with Gasteiger partial charge in [-0.15, -0.1) is 0 Å². The molecule has 0 N–H and O–H groups in total. The number of hydrogen-bond acceptors (Lipinski definition) is 4. The zero-order valence-electron chi connectivity index (χ0n) is 16.3. The first-order valence-corrected chi connectivity index (χ1v) is 9.77. The van der Waals surface area contributed by atoms with Crippen molar-refractivity contribution in [1.82, 2.24) is 9.80 Å². The topological polar surface area (TPSA) is 49.9 Å². The van der Waals surface area contributed by atoms with Crippen LogP contribution in [-0.2, 0) is 14.3 Å². The molecule has 144 valence electrons. The first-order chi connectivity index (χ1) is 12.1. The SMILES string of the molecule is CN(C)CCN(CC(=O)OC(C)(C)C)C(=O)C1CC1c1cccc(Br)c1. The molecule has 0 radical (unpaired) electrons. The molecule has 1 fully saturated rings. The molecular weight excluding hydrogens is 396 g/mol. The van der Waals surface area contributed by atoms with Crippen LogP contribution in [0.5, 0.6) is 0 Å². The summed E-state index contributed by atoms with van der Waals surface area (Å²) >= 11 is 3.48. The van der Waals surface area contributed by atoms with Gasteiger partial charge < -0.3 is 14.5 Å². The minimum atomic E-state index is -0.550. The van der Waals surface area contributed by atoms with Gasteiger partial charge in [-0.1, -0.05) is 28.1 Å². The Bertz CT molecular complexity index is 655. The van der Waals surface area contributed by atoms with E-state index in [0.29, 0.717) is 13.1 Å². The van der Waals surface area contributed by atoms with E-state index in [1.165, 1.54) is 5.56 Å². The summed E-state index contributed by atoms with van der Waals surface area (Å²) in [6.07, 6.45) is 0.835. The van der Waals surface area contributed by atoms with Crippen molar-refractivity contribution in [3.63, 3.8) is 0 Å². The van der Waals surface area contributed by atoms with Crippen molar-refractivity contribution in [3.8, 4) is 0 Å². The molecule has 1 amide bonds. The van der Waals surface area contributed by atoms with Crippen LogP contribution >= 0.6 is 15.9 Å². The summed E-state index contributed by atoms with van der Waals surface area (Å²) < 4.78 is 6.42. The minimum Gasteiger partial charge on any atom is -0.459 e. The fraction of sp³-hybridized carbons (Fsp3) is 0.600. The van der Waals surface area contributed by atoms with Crippen LogP contribution in [-0.4, -0.2) is 61.0 Å². The summed E-state index contributed by atoms with van der Waals surface area (Å²) in [5, 5.41) is 0. The average Bonchev–Trinajstić information content (AvgIpc) is 3.29. The largest absolute Gasteiger partial charge is 0.459 e. The van der Waals surface area contributed by atoms with Crippen LogP contribution in [0.15, 0.2) is 28.7 Å². The predicted molar refractivity (Wildman–Crippen MR) is 106 cm³/mol. The molecule has 2 unspecified atom stereocenters. The molecule has 0 aliphatic heterocycles. The Kier molecular flexibility index (Phi) is 6.86. The van der Waals surface area contributed by atoms with Crippen molar-refractivity contribution in [2.24, 2.45) is 5.92 Å². The number of rotatable bonds is 7. The summed E-state index contributed by atoms with van der Waals surface area (Å²) in [5.74, 6) is -0.124. The molecule has 2 rings (SSSR count). The van der Waals surface area contributed by atoms with Crippen LogP contribution in [0.4, 0.5) is 0 Å². The van der Waals surface area contributed by atoms with E-state index in [-0.39, 0.29) is 30.3 Å². The molecule has 0 aromatic heterocycles. The number of nitrogens with zero attached hydrogens (tertiary/aromatic N) is 2. The standard InChI is InChI=1S/C20H29BrN2O3/c1-20(2,3)26-18(24)13-23(10-9-22(4)5)19(25)17-12-16(17)14-7-6-8-15(21)11-14/h6-8,11,16-17H,9-10,12-13H2,1-5H3. The van der Waals surface area contributed by atoms with E-state index in [0.717, 1.165) is 10.9 Å². The first kappa shape index (κ1) is 20.9. The zero-order valence-corrected chi connectivity index (χ0v) is 17.9. The van der Waals surface area contributed by atoms with Crippen molar-refractivity contribution < 1.29 is 14.3 Å². The lowest BCUT2D eigenvalue weighted by Gasteiger charge is -2.26. The van der Waals surface area contributed by atoms with Gasteiger partial charge in [0.2, 0.25) is 5.91 Å². The molecule has 0 saturated heterocycles. The van der Waals surface area contributed by atoms with Crippen molar-refractivity contribution in [1.29, 1.82) is 0 Å². The minimum absolute atomic E-state index is 0.00560. The number of carbonyl (C=O) groups excluding carboxylic acids is 2. The zero-order chi connectivity index (χ0) is 19.5. The van der Waals surface area contributed by atoms with Gasteiger partial charge in [-0.05, 0) is 64.9 Å². The highest BCUT2D eigenvalue weighted by atomic mass is 79.9. The lowest BCUT2D eigenvalue weighted by Crippen LogP contribution is -2.42. The maximum absolute atomic E-state index is 13.0. The quantitative estimate of drug-likeness (QED) is 0.630. The maximum atomic E-state index is 13.0. The number of benzene rings is 1. The molecule has 1 aromatic rings. The third-order valence-corrected chi connectivity index (χ3v) is 4.75. The Morgan fingerprint density at radius 1 is 1.23 bits per heavy atom. The third-order valence-electron chi connectivity index (χ3n) is 4.25. The van der Waals surface area contributed by atoms with E-state index in [1.54, 1.807) is 4.90 Å². The Labute approximate surface area is 164 Å². The van der Waals surface area contributed by atoms with Crippen LogP contribution in [0.25, 0.3) is 0 Å². The molecule has 1 aromatic carbocycles. The molecule has 26 heavy (non-hydrogen) atoms. The molecule has 1 saturated carbocycles. The predicted octanol–water partition coefficient (Wildman–Crippen LogP) is 3.28. The molecule has 0 spiro atoms. The van der Waals surface area contributed by atoms with E-state index < -0.39 is 5.60 Å². The van der Waals surface area contributed by atoms with Gasteiger partial charge in [0.05, 0.1) is 0 Å². The van der Waals surface area contributed by atoms with Crippen molar-refractivity contribution in [3.05, 3.63) is 34.3 Å². The van der Waals surface area contributed by atoms with E-state index >= 15 is 0 Å². The summed E-state index contributed by atoms with van der Waals surface area (Å²) in [7, 11) is 3.91. The molecule has 2 atom stereocenters. The number of amides is 1. The number of hydrogen-bond donors (Lipinski definition) is 0. The lowest BCUT2D eigenvalue weighted by atomic mass is 10.1. The van der Waals surface area contributed by atoms with E-state index in [9.17, 15) is 9.59 Å². The van der Waals surface area contributed by atoms with Gasteiger partial charge in [0, 0.05) is 23.5 Å². The van der Waals surface area contributed by atoms with Crippen LogP contribution < -0.4 is 0 Å². The molecule has 1 aliphatic rings. The van der Waals surface area contributed by atoms with Gasteiger partial charge in [-0.25, -0.2) is 0 Å². The monoisotopic (exact) mass is 424 g/mol. The summed E-state index contributed by atoms with van der Waals surface area (Å²) in [4.78, 5) is 28.9.